The van der Waals surface area contributed by atoms with Crippen molar-refractivity contribution in [1.82, 2.24) is 10.2 Å². The van der Waals surface area contributed by atoms with Gasteiger partial charge in [-0.15, -0.1) is 0 Å². The monoisotopic (exact) mass is 268 g/mol. The summed E-state index contributed by atoms with van der Waals surface area (Å²) >= 11 is 0. The number of phenolic OH excluding ortho intramolecular Hbond substituents is 1. The molecule has 0 saturated carbocycles. The van der Waals surface area contributed by atoms with E-state index in [1.807, 2.05) is 0 Å². The van der Waals surface area contributed by atoms with E-state index in [9.17, 15) is 9.50 Å². The molecule has 2 rings (SSSR count). The number of benzene rings is 1. The maximum Gasteiger partial charge on any atom is 0.165 e. The fourth-order valence-corrected chi connectivity index (χ4v) is 2.57. The van der Waals surface area contributed by atoms with Crippen molar-refractivity contribution in [2.24, 2.45) is 0 Å². The predicted molar refractivity (Wildman–Crippen MR) is 71.6 cm³/mol. The first-order valence-electron chi connectivity index (χ1n) is 6.76. The summed E-state index contributed by atoms with van der Waals surface area (Å²) in [6.45, 7) is 3.83. The molecule has 1 atom stereocenters. The van der Waals surface area contributed by atoms with Crippen LogP contribution in [0.3, 0.4) is 0 Å². The number of hydrogen-bond acceptors (Lipinski definition) is 4. The Hall–Kier alpha value is -1.17. The zero-order valence-electron chi connectivity index (χ0n) is 11.0. The highest BCUT2D eigenvalue weighted by molar-refractivity contribution is 5.30. The summed E-state index contributed by atoms with van der Waals surface area (Å²) in [4.78, 5) is 2.30. The first-order valence-corrected chi connectivity index (χ1v) is 6.76. The Morgan fingerprint density at radius 3 is 2.68 bits per heavy atom. The van der Waals surface area contributed by atoms with E-state index in [2.05, 4.69) is 10.2 Å². The molecule has 0 aromatic heterocycles. The molecule has 5 heteroatoms. The summed E-state index contributed by atoms with van der Waals surface area (Å²) in [5.41, 5.74) is 0.866. The highest BCUT2D eigenvalue weighted by atomic mass is 19.1. The number of hydrogen-bond donors (Lipinski definition) is 3. The summed E-state index contributed by atoms with van der Waals surface area (Å²) in [6.07, 6.45) is 1.48. The Labute approximate surface area is 112 Å². The molecule has 0 amide bonds. The quantitative estimate of drug-likeness (QED) is 0.752. The van der Waals surface area contributed by atoms with E-state index < -0.39 is 5.82 Å². The number of nitrogens with one attached hydrogen (secondary N) is 1. The second-order valence-corrected chi connectivity index (χ2v) is 4.88. The minimum Gasteiger partial charge on any atom is -0.505 e. The Morgan fingerprint density at radius 1 is 1.32 bits per heavy atom. The van der Waals surface area contributed by atoms with E-state index >= 15 is 0 Å². The molecule has 106 valence electrons. The Morgan fingerprint density at radius 2 is 2.05 bits per heavy atom. The highest BCUT2D eigenvalue weighted by Crippen LogP contribution is 2.28. The van der Waals surface area contributed by atoms with Crippen LogP contribution in [0.15, 0.2) is 18.2 Å². The summed E-state index contributed by atoms with van der Waals surface area (Å²) in [7, 11) is 0. The van der Waals surface area contributed by atoms with Crippen LogP contribution >= 0.6 is 0 Å². The molecule has 1 aliphatic rings. The third kappa shape index (κ3) is 3.65. The zero-order chi connectivity index (χ0) is 13.7. The molecule has 3 N–H and O–H groups in total. The predicted octanol–water partition coefficient (Wildman–Crippen LogP) is 1.25. The van der Waals surface area contributed by atoms with Crippen molar-refractivity contribution >= 4 is 0 Å². The molecule has 0 spiro atoms. The van der Waals surface area contributed by atoms with E-state index in [0.29, 0.717) is 6.42 Å². The summed E-state index contributed by atoms with van der Waals surface area (Å²) < 4.78 is 13.5. The average molecular weight is 268 g/mol. The van der Waals surface area contributed by atoms with Crippen molar-refractivity contribution in [3.63, 3.8) is 0 Å². The third-order valence-electron chi connectivity index (χ3n) is 3.58. The Balaban J connectivity index is 2.17. The molecule has 0 unspecified atom stereocenters. The van der Waals surface area contributed by atoms with Crippen molar-refractivity contribution in [2.45, 2.75) is 18.9 Å². The van der Waals surface area contributed by atoms with Crippen LogP contribution in [-0.4, -0.2) is 47.9 Å². The molecule has 1 heterocycles. The molecular weight excluding hydrogens is 247 g/mol. The van der Waals surface area contributed by atoms with Gasteiger partial charge < -0.3 is 15.5 Å². The number of aliphatic hydroxyl groups is 1. The van der Waals surface area contributed by atoms with E-state index in [1.165, 1.54) is 12.1 Å². The van der Waals surface area contributed by atoms with Crippen LogP contribution in [0, 0.1) is 5.82 Å². The lowest BCUT2D eigenvalue weighted by Crippen LogP contribution is -2.45. The number of aromatic hydroxyl groups is 1. The fraction of sp³-hybridized carbons (Fsp3) is 0.571. The lowest BCUT2D eigenvalue weighted by atomic mass is 9.99. The smallest absolute Gasteiger partial charge is 0.165 e. The number of piperazine rings is 1. The van der Waals surface area contributed by atoms with Crippen molar-refractivity contribution in [1.29, 1.82) is 0 Å². The summed E-state index contributed by atoms with van der Waals surface area (Å²) in [5, 5.41) is 21.6. The minimum absolute atomic E-state index is 0.101. The first kappa shape index (κ1) is 14.2. The second kappa shape index (κ2) is 6.84. The number of phenols is 1. The standard InChI is InChI=1S/C14H21FN2O2/c15-12-10-11(3-4-14(12)19)13(2-1-9-18)17-7-5-16-6-8-17/h3-4,10,13,16,18-19H,1-2,5-9H2/t13-/m1/s1. The second-order valence-electron chi connectivity index (χ2n) is 4.88. The molecule has 1 aliphatic heterocycles. The molecule has 19 heavy (non-hydrogen) atoms. The van der Waals surface area contributed by atoms with Crippen LogP contribution in [0.1, 0.15) is 24.4 Å². The van der Waals surface area contributed by atoms with Crippen molar-refractivity contribution in [3.8, 4) is 5.75 Å². The van der Waals surface area contributed by atoms with Crippen LogP contribution in [0.25, 0.3) is 0 Å². The van der Waals surface area contributed by atoms with Gasteiger partial charge in [0.05, 0.1) is 0 Å². The maximum atomic E-state index is 13.5. The summed E-state index contributed by atoms with van der Waals surface area (Å²) in [6, 6.07) is 4.67. The highest BCUT2D eigenvalue weighted by Gasteiger charge is 2.22. The zero-order valence-corrected chi connectivity index (χ0v) is 11.0. The number of aliphatic hydroxyl groups excluding tert-OH is 1. The van der Waals surface area contributed by atoms with Gasteiger partial charge in [-0.25, -0.2) is 4.39 Å². The molecule has 4 nitrogen and oxygen atoms in total. The molecule has 0 aliphatic carbocycles. The van der Waals surface area contributed by atoms with E-state index in [-0.39, 0.29) is 18.4 Å². The van der Waals surface area contributed by atoms with Gasteiger partial charge >= 0.3 is 0 Å². The minimum atomic E-state index is -0.582. The van der Waals surface area contributed by atoms with Crippen LogP contribution in [-0.2, 0) is 0 Å². The van der Waals surface area contributed by atoms with E-state index in [1.54, 1.807) is 6.07 Å². The fourth-order valence-electron chi connectivity index (χ4n) is 2.57. The molecule has 0 bridgehead atoms. The molecule has 1 fully saturated rings. The van der Waals surface area contributed by atoms with Crippen LogP contribution in [0.2, 0.25) is 0 Å². The number of halogens is 1. The van der Waals surface area contributed by atoms with Gasteiger partial charge in [-0.1, -0.05) is 6.07 Å². The van der Waals surface area contributed by atoms with E-state index in [0.717, 1.165) is 38.2 Å². The third-order valence-corrected chi connectivity index (χ3v) is 3.58. The SMILES string of the molecule is OCCC[C@H](c1ccc(O)c(F)c1)N1CCNCC1. The van der Waals surface area contributed by atoms with Crippen molar-refractivity contribution < 1.29 is 14.6 Å². The van der Waals surface area contributed by atoms with Crippen molar-refractivity contribution in [2.75, 3.05) is 32.8 Å². The van der Waals surface area contributed by atoms with Gasteiger partial charge in [-0.05, 0) is 30.5 Å². The summed E-state index contributed by atoms with van der Waals surface area (Å²) in [5.74, 6) is -0.897. The Kier molecular flexibility index (Phi) is 5.13. The normalized spacial score (nSPS) is 18.4. The molecular formula is C14H21FN2O2. The van der Waals surface area contributed by atoms with Crippen LogP contribution in [0.4, 0.5) is 4.39 Å². The van der Waals surface area contributed by atoms with Crippen LogP contribution < -0.4 is 5.32 Å². The number of rotatable bonds is 5. The largest absolute Gasteiger partial charge is 0.505 e. The van der Waals surface area contributed by atoms with Crippen LogP contribution in [0.5, 0.6) is 5.75 Å². The van der Waals surface area contributed by atoms with Crippen molar-refractivity contribution in [3.05, 3.63) is 29.6 Å². The van der Waals surface area contributed by atoms with Gasteiger partial charge in [0.2, 0.25) is 0 Å². The molecule has 0 radical (unpaired) electrons. The molecule has 1 saturated heterocycles. The number of nitrogens with zero attached hydrogens (tertiary/aromatic N) is 1. The van der Waals surface area contributed by atoms with Gasteiger partial charge in [0.15, 0.2) is 11.6 Å². The average Bonchev–Trinajstić information content (AvgIpc) is 2.44. The lowest BCUT2D eigenvalue weighted by molar-refractivity contribution is 0.154. The van der Waals surface area contributed by atoms with Gasteiger partial charge in [0, 0.05) is 38.8 Å². The Bertz CT molecular complexity index is 408. The van der Waals surface area contributed by atoms with Gasteiger partial charge in [0.1, 0.15) is 0 Å². The lowest BCUT2D eigenvalue weighted by Gasteiger charge is -2.35. The van der Waals surface area contributed by atoms with Gasteiger partial charge in [0.25, 0.3) is 0 Å². The molecule has 1 aromatic rings. The van der Waals surface area contributed by atoms with E-state index in [4.69, 9.17) is 5.11 Å². The van der Waals surface area contributed by atoms with Gasteiger partial charge in [-0.2, -0.15) is 0 Å². The topological polar surface area (TPSA) is 55.7 Å². The molecule has 1 aromatic carbocycles. The maximum absolute atomic E-state index is 13.5. The van der Waals surface area contributed by atoms with Gasteiger partial charge in [-0.3, -0.25) is 4.90 Å². The first-order chi connectivity index (χ1) is 9.22.